The highest BCUT2D eigenvalue weighted by Crippen LogP contribution is 2.37. The number of aliphatic hydroxyl groups is 1. The van der Waals surface area contributed by atoms with Crippen LogP contribution >= 0.6 is 22.7 Å². The molecule has 2 aliphatic heterocycles. The van der Waals surface area contributed by atoms with Crippen molar-refractivity contribution in [3.05, 3.63) is 81.9 Å². The summed E-state index contributed by atoms with van der Waals surface area (Å²) in [4.78, 5) is 54.7. The van der Waals surface area contributed by atoms with Gasteiger partial charge in [-0.2, -0.15) is 0 Å². The van der Waals surface area contributed by atoms with E-state index in [9.17, 15) is 19.5 Å². The molecule has 2 aromatic carbocycles. The number of carbonyl (C=O) groups is 3. The van der Waals surface area contributed by atoms with Crippen molar-refractivity contribution in [2.45, 2.75) is 98.4 Å². The molecule has 0 saturated carbocycles. The summed E-state index contributed by atoms with van der Waals surface area (Å²) in [5.41, 5.74) is 8.74. The van der Waals surface area contributed by atoms with Crippen molar-refractivity contribution in [2.75, 3.05) is 50.9 Å². The summed E-state index contributed by atoms with van der Waals surface area (Å²) in [5.74, 6) is -0.116. The highest BCUT2D eigenvalue weighted by Gasteiger charge is 2.43. The van der Waals surface area contributed by atoms with Crippen molar-refractivity contribution in [2.24, 2.45) is 5.41 Å². The lowest BCUT2D eigenvalue weighted by Gasteiger charge is -2.36. The van der Waals surface area contributed by atoms with E-state index in [0.29, 0.717) is 50.5 Å². The molecule has 3 amide bonds. The Labute approximate surface area is 368 Å². The number of carbonyl (C=O) groups excluding carboxylic acids is 3. The van der Waals surface area contributed by atoms with Gasteiger partial charge in [0.2, 0.25) is 11.8 Å². The molecule has 4 heterocycles. The third kappa shape index (κ3) is 11.6. The minimum atomic E-state index is -0.817. The molecule has 6 rings (SSSR count). The molecule has 2 saturated heterocycles. The molecule has 61 heavy (non-hydrogen) atoms. The molecule has 15 heteroatoms. The van der Waals surface area contributed by atoms with Crippen LogP contribution in [0.4, 0.5) is 5.13 Å². The number of aliphatic hydroxyl groups excluding tert-OH is 1. The Morgan fingerprint density at radius 2 is 1.75 bits per heavy atom. The van der Waals surface area contributed by atoms with E-state index < -0.39 is 23.6 Å². The number of ether oxygens (including phenoxy) is 2. The van der Waals surface area contributed by atoms with Crippen LogP contribution in [-0.4, -0.2) is 102 Å². The minimum Gasteiger partial charge on any atom is -0.483 e. The van der Waals surface area contributed by atoms with E-state index in [1.54, 1.807) is 27.6 Å². The zero-order valence-corrected chi connectivity index (χ0v) is 38.1. The number of nitrogens with one attached hydrogen (secondary N) is 3. The minimum absolute atomic E-state index is 0.0944. The molecule has 0 spiro atoms. The number of hydrogen-bond donors (Lipinski definition) is 4. The molecule has 0 unspecified atom stereocenters. The average Bonchev–Trinajstić information content (AvgIpc) is 4.00. The highest BCUT2D eigenvalue weighted by atomic mass is 32.1. The number of morpholine rings is 1. The number of benzene rings is 2. The fraction of sp³-hybridized carbons (Fsp3) is 0.500. The van der Waals surface area contributed by atoms with Gasteiger partial charge in [-0.1, -0.05) is 57.7 Å². The van der Waals surface area contributed by atoms with E-state index in [1.807, 2.05) is 71.5 Å². The summed E-state index contributed by atoms with van der Waals surface area (Å²) in [5, 5.41) is 23.1. The number of nitrogens with zero attached hydrogens (tertiary/aromatic N) is 4. The van der Waals surface area contributed by atoms with Crippen LogP contribution in [0, 0.1) is 26.2 Å². The zero-order valence-electron chi connectivity index (χ0n) is 36.5. The fourth-order valence-corrected chi connectivity index (χ4v) is 9.38. The summed E-state index contributed by atoms with van der Waals surface area (Å²) in [6.07, 6.45) is 0.919. The van der Waals surface area contributed by atoms with E-state index in [-0.39, 0.29) is 43.3 Å². The summed E-state index contributed by atoms with van der Waals surface area (Å²) in [7, 11) is 0. The number of hydrogen-bond acceptors (Lipinski definition) is 12. The van der Waals surface area contributed by atoms with Crippen LogP contribution in [0.5, 0.6) is 5.75 Å². The molecule has 328 valence electrons. The number of likely N-dealkylation sites (tertiary alicyclic amines) is 1. The van der Waals surface area contributed by atoms with E-state index in [0.717, 1.165) is 62.3 Å². The van der Waals surface area contributed by atoms with Gasteiger partial charge in [-0.3, -0.25) is 14.4 Å². The average molecular weight is 872 g/mol. The topological polar surface area (TPSA) is 158 Å². The summed E-state index contributed by atoms with van der Waals surface area (Å²) in [6.45, 7) is 21.5. The number of β-amino-alcohol motifs (C(OH)–C–C–N with tert-alkyl or cyclic N) is 1. The standard InChI is InChI=1S/C46H61N7O6S2/c1-28-12-17-36(37-26-60-45(50-37)52-19-21-58-22-20-52)41(29(28)2)59-25-40(56)47-18-10-9-11-39(55)51-43(46(6,7)8)44(57)53-24-35(54)23-38(53)31(4)49-30(3)33-13-15-34(16-14-33)42-32(5)48-27-61-42/h12-17,26-27,30,35,38,43,49,54H,4,9-11,18-25H2,1-3,5-8H3,(H,47,56)(H,51,55)/t30-,35+,38-,43+/m0/s1. The number of anilines is 1. The molecule has 13 nitrogen and oxygen atoms in total. The van der Waals surface area contributed by atoms with Crippen LogP contribution in [0.15, 0.2) is 59.6 Å². The van der Waals surface area contributed by atoms with Gasteiger partial charge in [0.15, 0.2) is 11.7 Å². The number of rotatable bonds is 17. The first-order chi connectivity index (χ1) is 29.1. The van der Waals surface area contributed by atoms with Crippen LogP contribution in [0.3, 0.4) is 0 Å². The van der Waals surface area contributed by atoms with E-state index in [4.69, 9.17) is 14.5 Å². The molecule has 4 aromatic rings. The Bertz CT molecular complexity index is 2160. The number of unbranched alkanes of at least 4 members (excludes halogenated alkanes) is 1. The third-order valence-electron chi connectivity index (χ3n) is 11.4. The second-order valence-electron chi connectivity index (χ2n) is 17.1. The number of aromatic nitrogens is 2. The van der Waals surface area contributed by atoms with Crippen molar-refractivity contribution >= 4 is 45.5 Å². The largest absolute Gasteiger partial charge is 0.483 e. The molecule has 2 fully saturated rings. The third-order valence-corrected chi connectivity index (χ3v) is 13.3. The Morgan fingerprint density at radius 3 is 2.44 bits per heavy atom. The van der Waals surface area contributed by atoms with E-state index >= 15 is 0 Å². The van der Waals surface area contributed by atoms with Gasteiger partial charge in [-0.25, -0.2) is 9.97 Å². The Kier molecular flexibility index (Phi) is 15.3. The van der Waals surface area contributed by atoms with Gasteiger partial charge < -0.3 is 40.3 Å². The van der Waals surface area contributed by atoms with Crippen molar-refractivity contribution in [3.8, 4) is 27.4 Å². The molecule has 0 radical (unpaired) electrons. The van der Waals surface area contributed by atoms with Crippen LogP contribution in [-0.2, 0) is 19.1 Å². The van der Waals surface area contributed by atoms with Gasteiger partial charge in [0.05, 0.1) is 47.1 Å². The van der Waals surface area contributed by atoms with Crippen LogP contribution < -0.4 is 25.6 Å². The SMILES string of the molecule is C=C(N[C@@H](C)c1ccc(-c2scnc2C)cc1)[C@@H]1C[C@@H](O)CN1C(=O)[C@@H](NC(=O)CCCCNC(=O)COc1c(-c2csc(N3CCOCC3)n2)ccc(C)c1C)C(C)(C)C. The second kappa shape index (κ2) is 20.4. The predicted octanol–water partition coefficient (Wildman–Crippen LogP) is 6.72. The lowest BCUT2D eigenvalue weighted by Crippen LogP contribution is -2.56. The maximum Gasteiger partial charge on any atom is 0.257 e. The number of aryl methyl sites for hydroxylation is 2. The second-order valence-corrected chi connectivity index (χ2v) is 18.8. The first kappa shape index (κ1) is 45.7. The lowest BCUT2D eigenvalue weighted by molar-refractivity contribution is -0.140. The van der Waals surface area contributed by atoms with Crippen molar-refractivity contribution in [1.82, 2.24) is 30.8 Å². The smallest absolute Gasteiger partial charge is 0.257 e. The zero-order chi connectivity index (χ0) is 43.8. The first-order valence-electron chi connectivity index (χ1n) is 21.1. The fourth-order valence-electron chi connectivity index (χ4n) is 7.69. The van der Waals surface area contributed by atoms with Gasteiger partial charge in [0, 0.05) is 61.7 Å². The van der Waals surface area contributed by atoms with Gasteiger partial charge in [0.25, 0.3) is 5.91 Å². The van der Waals surface area contributed by atoms with Crippen LogP contribution in [0.1, 0.15) is 81.8 Å². The van der Waals surface area contributed by atoms with E-state index in [2.05, 4.69) is 56.7 Å². The number of thiazole rings is 2. The Balaban J connectivity index is 0.963. The normalized spacial score (nSPS) is 17.8. The summed E-state index contributed by atoms with van der Waals surface area (Å²) >= 11 is 3.20. The predicted molar refractivity (Wildman–Crippen MR) is 243 cm³/mol. The highest BCUT2D eigenvalue weighted by molar-refractivity contribution is 7.14. The van der Waals surface area contributed by atoms with Gasteiger partial charge in [-0.15, -0.1) is 22.7 Å². The van der Waals surface area contributed by atoms with Crippen LogP contribution in [0.2, 0.25) is 0 Å². The molecule has 2 aliphatic rings. The number of amides is 3. The van der Waals surface area contributed by atoms with Gasteiger partial charge >= 0.3 is 0 Å². The lowest BCUT2D eigenvalue weighted by atomic mass is 9.85. The van der Waals surface area contributed by atoms with Crippen molar-refractivity contribution in [3.63, 3.8) is 0 Å². The first-order valence-corrected chi connectivity index (χ1v) is 22.9. The summed E-state index contributed by atoms with van der Waals surface area (Å²) < 4.78 is 11.6. The van der Waals surface area contributed by atoms with Gasteiger partial charge in [-0.05, 0) is 74.3 Å². The molecule has 0 bridgehead atoms. The van der Waals surface area contributed by atoms with Gasteiger partial charge in [0.1, 0.15) is 11.8 Å². The molecule has 4 atom stereocenters. The van der Waals surface area contributed by atoms with Crippen LogP contribution in [0.25, 0.3) is 21.7 Å². The molecule has 2 aromatic heterocycles. The monoisotopic (exact) mass is 871 g/mol. The Morgan fingerprint density at radius 1 is 1.02 bits per heavy atom. The Hall–Kier alpha value is -4.83. The molecule has 4 N–H and O–H groups in total. The molecular formula is C46H61N7O6S2. The summed E-state index contributed by atoms with van der Waals surface area (Å²) in [6, 6.07) is 11.0. The molecule has 0 aliphatic carbocycles. The quantitative estimate of drug-likeness (QED) is 0.0841. The molecular weight excluding hydrogens is 811 g/mol. The maximum atomic E-state index is 14.2. The van der Waals surface area contributed by atoms with Crippen molar-refractivity contribution in [1.29, 1.82) is 0 Å². The van der Waals surface area contributed by atoms with E-state index in [1.165, 1.54) is 0 Å². The van der Waals surface area contributed by atoms with Crippen molar-refractivity contribution < 1.29 is 29.0 Å². The maximum absolute atomic E-state index is 14.2.